The largest absolute Gasteiger partial charge is 0.488 e. The van der Waals surface area contributed by atoms with Crippen LogP contribution in [0.15, 0.2) is 29.3 Å². The van der Waals surface area contributed by atoms with Gasteiger partial charge in [0.1, 0.15) is 11.4 Å². The minimum Gasteiger partial charge on any atom is -0.488 e. The first kappa shape index (κ1) is 24.0. The van der Waals surface area contributed by atoms with Crippen molar-refractivity contribution in [3.63, 3.8) is 0 Å². The summed E-state index contributed by atoms with van der Waals surface area (Å²) >= 11 is 0. The molecule has 0 aliphatic heterocycles. The van der Waals surface area contributed by atoms with Crippen LogP contribution in [-0.2, 0) is 6.54 Å². The predicted octanol–water partition coefficient (Wildman–Crippen LogP) is 3.54. The van der Waals surface area contributed by atoms with Crippen molar-refractivity contribution in [3.05, 3.63) is 29.8 Å². The van der Waals surface area contributed by atoms with Crippen LogP contribution < -0.4 is 20.7 Å². The average Bonchev–Trinajstić information content (AvgIpc) is 2.45. The first-order valence-electron chi connectivity index (χ1n) is 8.57. The smallest absolute Gasteiger partial charge is 0.191 e. The zero-order chi connectivity index (χ0) is 18.2. The molecule has 0 atom stereocenters. The van der Waals surface area contributed by atoms with Crippen LogP contribution in [0.1, 0.15) is 47.1 Å². The molecule has 0 aliphatic carbocycles. The molecule has 0 unspecified atom stereocenters. The molecule has 0 heterocycles. The lowest BCUT2D eigenvalue weighted by atomic mass is 10.1. The van der Waals surface area contributed by atoms with Gasteiger partial charge in [-0.15, -0.1) is 24.0 Å². The maximum atomic E-state index is 6.02. The molecule has 0 bridgehead atoms. The van der Waals surface area contributed by atoms with Gasteiger partial charge in [0.2, 0.25) is 0 Å². The first-order chi connectivity index (χ1) is 11.1. The summed E-state index contributed by atoms with van der Waals surface area (Å²) in [6.45, 7) is 15.0. The number of hydrogen-bond acceptors (Lipinski definition) is 3. The summed E-state index contributed by atoms with van der Waals surface area (Å²) in [4.78, 5) is 4.27. The molecule has 0 fully saturated rings. The van der Waals surface area contributed by atoms with Crippen molar-refractivity contribution in [2.75, 3.05) is 20.1 Å². The standard InChI is InChI=1S/C19H34N4O.HI/c1-18(2,3)23-13-12-21-17(20-7)22-14-15-10-8-9-11-16(15)24-19(4,5)6;/h8-11,23H,12-14H2,1-7H3,(H2,20,21,22);1H. The van der Waals surface area contributed by atoms with Crippen molar-refractivity contribution in [1.29, 1.82) is 0 Å². The second-order valence-electron chi connectivity index (χ2n) is 7.85. The van der Waals surface area contributed by atoms with Gasteiger partial charge < -0.3 is 20.7 Å². The normalized spacial score (nSPS) is 12.4. The Labute approximate surface area is 170 Å². The zero-order valence-electron chi connectivity index (χ0n) is 16.7. The minimum atomic E-state index is -0.214. The number of aliphatic imine (C=N–C) groups is 1. The highest BCUT2D eigenvalue weighted by molar-refractivity contribution is 14.0. The van der Waals surface area contributed by atoms with E-state index in [1.807, 2.05) is 18.2 Å². The molecule has 0 saturated carbocycles. The summed E-state index contributed by atoms with van der Waals surface area (Å²) < 4.78 is 6.02. The van der Waals surface area contributed by atoms with E-state index < -0.39 is 0 Å². The summed E-state index contributed by atoms with van der Waals surface area (Å²) in [5.74, 6) is 1.69. The van der Waals surface area contributed by atoms with Crippen LogP contribution >= 0.6 is 24.0 Å². The van der Waals surface area contributed by atoms with Gasteiger partial charge in [0.25, 0.3) is 0 Å². The molecule has 144 valence electrons. The van der Waals surface area contributed by atoms with Crippen LogP contribution in [0, 0.1) is 0 Å². The van der Waals surface area contributed by atoms with E-state index in [2.05, 4.69) is 68.6 Å². The highest BCUT2D eigenvalue weighted by Gasteiger charge is 2.14. The van der Waals surface area contributed by atoms with Crippen molar-refractivity contribution in [2.24, 2.45) is 4.99 Å². The van der Waals surface area contributed by atoms with E-state index in [0.29, 0.717) is 6.54 Å². The molecule has 0 amide bonds. The van der Waals surface area contributed by atoms with Gasteiger partial charge in [-0.3, -0.25) is 4.99 Å². The number of hydrogen-bond donors (Lipinski definition) is 3. The van der Waals surface area contributed by atoms with Crippen LogP contribution in [0.2, 0.25) is 0 Å². The quantitative estimate of drug-likeness (QED) is 0.262. The maximum absolute atomic E-state index is 6.02. The Morgan fingerprint density at radius 1 is 1.00 bits per heavy atom. The molecule has 0 aliphatic rings. The third-order valence-corrected chi connectivity index (χ3v) is 3.13. The fourth-order valence-electron chi connectivity index (χ4n) is 2.10. The van der Waals surface area contributed by atoms with Crippen LogP contribution in [0.3, 0.4) is 0 Å². The molecule has 1 aromatic carbocycles. The molecule has 0 saturated heterocycles. The molecule has 6 heteroatoms. The lowest BCUT2D eigenvalue weighted by Crippen LogP contribution is -2.44. The number of guanidine groups is 1. The van der Waals surface area contributed by atoms with E-state index in [4.69, 9.17) is 4.74 Å². The van der Waals surface area contributed by atoms with Crippen molar-refractivity contribution >= 4 is 29.9 Å². The van der Waals surface area contributed by atoms with Crippen molar-refractivity contribution in [3.8, 4) is 5.75 Å². The number of nitrogens with zero attached hydrogens (tertiary/aromatic N) is 1. The molecule has 0 spiro atoms. The molecule has 5 nitrogen and oxygen atoms in total. The van der Waals surface area contributed by atoms with Gasteiger partial charge in [0, 0.05) is 37.8 Å². The van der Waals surface area contributed by atoms with Crippen LogP contribution in [0.5, 0.6) is 5.75 Å². The van der Waals surface area contributed by atoms with Crippen LogP contribution in [0.4, 0.5) is 0 Å². The molecule has 3 N–H and O–H groups in total. The average molecular weight is 462 g/mol. The summed E-state index contributed by atoms with van der Waals surface area (Å²) in [5, 5.41) is 10.1. The Bertz CT molecular complexity index is 533. The fourth-order valence-corrected chi connectivity index (χ4v) is 2.10. The van der Waals surface area contributed by atoms with E-state index in [1.165, 1.54) is 0 Å². The number of halogens is 1. The molecular formula is C19H35IN4O. The Balaban J connectivity index is 0.00000576. The number of para-hydroxylation sites is 1. The first-order valence-corrected chi connectivity index (χ1v) is 8.57. The van der Waals surface area contributed by atoms with Gasteiger partial charge in [-0.1, -0.05) is 18.2 Å². The number of benzene rings is 1. The molecular weight excluding hydrogens is 427 g/mol. The van der Waals surface area contributed by atoms with Crippen molar-refractivity contribution < 1.29 is 4.74 Å². The van der Waals surface area contributed by atoms with Gasteiger partial charge in [0.05, 0.1) is 0 Å². The number of nitrogens with one attached hydrogen (secondary N) is 3. The Hall–Kier alpha value is -1.02. The highest BCUT2D eigenvalue weighted by Crippen LogP contribution is 2.22. The summed E-state index contributed by atoms with van der Waals surface area (Å²) in [6, 6.07) is 8.10. The zero-order valence-corrected chi connectivity index (χ0v) is 19.0. The van der Waals surface area contributed by atoms with E-state index >= 15 is 0 Å². The van der Waals surface area contributed by atoms with Gasteiger partial charge in [-0.25, -0.2) is 0 Å². The Kier molecular flexibility index (Phi) is 10.4. The monoisotopic (exact) mass is 462 g/mol. The van der Waals surface area contributed by atoms with E-state index in [-0.39, 0.29) is 35.1 Å². The molecule has 0 radical (unpaired) electrons. The Morgan fingerprint density at radius 3 is 2.20 bits per heavy atom. The SMILES string of the molecule is CN=C(NCCNC(C)(C)C)NCc1ccccc1OC(C)(C)C.I. The van der Waals surface area contributed by atoms with Crippen LogP contribution in [-0.4, -0.2) is 37.2 Å². The molecule has 25 heavy (non-hydrogen) atoms. The van der Waals surface area contributed by atoms with E-state index in [0.717, 1.165) is 30.4 Å². The summed E-state index contributed by atoms with van der Waals surface area (Å²) in [5.41, 5.74) is 1.03. The minimum absolute atomic E-state index is 0. The third kappa shape index (κ3) is 11.3. The molecule has 0 aromatic heterocycles. The van der Waals surface area contributed by atoms with Crippen molar-refractivity contribution in [2.45, 2.75) is 59.2 Å². The fraction of sp³-hybridized carbons (Fsp3) is 0.632. The molecule has 1 aromatic rings. The second-order valence-corrected chi connectivity index (χ2v) is 7.85. The van der Waals surface area contributed by atoms with Gasteiger partial charge in [-0.2, -0.15) is 0 Å². The summed E-state index contributed by atoms with van der Waals surface area (Å²) in [6.07, 6.45) is 0. The van der Waals surface area contributed by atoms with Gasteiger partial charge in [0.15, 0.2) is 5.96 Å². The topological polar surface area (TPSA) is 57.7 Å². The van der Waals surface area contributed by atoms with Gasteiger partial charge in [-0.05, 0) is 47.6 Å². The van der Waals surface area contributed by atoms with E-state index in [1.54, 1.807) is 7.05 Å². The number of ether oxygens (including phenoxy) is 1. The maximum Gasteiger partial charge on any atom is 0.191 e. The Morgan fingerprint density at radius 2 is 1.64 bits per heavy atom. The third-order valence-electron chi connectivity index (χ3n) is 3.13. The van der Waals surface area contributed by atoms with Gasteiger partial charge >= 0.3 is 0 Å². The highest BCUT2D eigenvalue weighted by atomic mass is 127. The lowest BCUT2D eigenvalue weighted by molar-refractivity contribution is 0.129. The lowest BCUT2D eigenvalue weighted by Gasteiger charge is -2.24. The van der Waals surface area contributed by atoms with Crippen molar-refractivity contribution in [1.82, 2.24) is 16.0 Å². The second kappa shape index (κ2) is 10.9. The van der Waals surface area contributed by atoms with Crippen LogP contribution in [0.25, 0.3) is 0 Å². The summed E-state index contributed by atoms with van der Waals surface area (Å²) in [7, 11) is 1.78. The predicted molar refractivity (Wildman–Crippen MR) is 118 cm³/mol. The number of rotatable bonds is 6. The molecule has 1 rings (SSSR count). The van der Waals surface area contributed by atoms with E-state index in [9.17, 15) is 0 Å².